The Morgan fingerprint density at radius 3 is 2.62 bits per heavy atom. The number of nitrogens with two attached hydrogens (primary N) is 1. The number of carbonyl (C=O) groups is 2. The van der Waals surface area contributed by atoms with Gasteiger partial charge in [0.15, 0.2) is 5.13 Å². The Morgan fingerprint density at radius 1 is 1.15 bits per heavy atom. The minimum Gasteiger partial charge on any atom is -0.369 e. The molecule has 0 unspecified atom stereocenters. The maximum atomic E-state index is 12.6. The van der Waals surface area contributed by atoms with Gasteiger partial charge >= 0.3 is 0 Å². The van der Waals surface area contributed by atoms with Crippen LogP contribution in [0.15, 0.2) is 58.8 Å². The first kappa shape index (κ1) is 18.2. The molecule has 0 atom stereocenters. The predicted molar refractivity (Wildman–Crippen MR) is 107 cm³/mol. The molecule has 3 N–H and O–H groups in total. The van der Waals surface area contributed by atoms with Gasteiger partial charge in [-0.3, -0.25) is 14.9 Å². The van der Waals surface area contributed by atoms with E-state index in [1.807, 2.05) is 42.6 Å². The molecule has 3 rings (SSSR count). The minimum absolute atomic E-state index is 0.124. The van der Waals surface area contributed by atoms with Gasteiger partial charge in [-0.1, -0.05) is 42.0 Å². The van der Waals surface area contributed by atoms with Crippen molar-refractivity contribution in [2.75, 3.05) is 11.1 Å². The molecule has 7 heteroatoms. The van der Waals surface area contributed by atoms with E-state index in [-0.39, 0.29) is 11.7 Å². The zero-order valence-corrected chi connectivity index (χ0v) is 15.7. The van der Waals surface area contributed by atoms with E-state index in [4.69, 9.17) is 5.73 Å². The molecule has 1 aromatic heterocycles. The van der Waals surface area contributed by atoms with Crippen molar-refractivity contribution in [1.29, 1.82) is 0 Å². The van der Waals surface area contributed by atoms with Crippen LogP contribution in [0.4, 0.5) is 5.13 Å². The maximum Gasteiger partial charge on any atom is 0.258 e. The van der Waals surface area contributed by atoms with E-state index in [1.54, 1.807) is 18.2 Å². The summed E-state index contributed by atoms with van der Waals surface area (Å²) in [5.74, 6) is -0.561. The first-order chi connectivity index (χ1) is 12.5. The largest absolute Gasteiger partial charge is 0.369 e. The highest BCUT2D eigenvalue weighted by Gasteiger charge is 2.14. The van der Waals surface area contributed by atoms with Crippen LogP contribution in [0, 0.1) is 6.92 Å². The average molecular weight is 383 g/mol. The van der Waals surface area contributed by atoms with Crippen LogP contribution >= 0.6 is 23.1 Å². The van der Waals surface area contributed by atoms with Gasteiger partial charge in [-0.2, -0.15) is 0 Å². The number of nitrogens with zero attached hydrogens (tertiary/aromatic N) is 1. The predicted octanol–water partition coefficient (Wildman–Crippen LogP) is 3.95. The highest BCUT2D eigenvalue weighted by Crippen LogP contribution is 2.27. The molecular weight excluding hydrogens is 366 g/mol. The summed E-state index contributed by atoms with van der Waals surface area (Å²) in [7, 11) is 0. The molecule has 0 aliphatic heterocycles. The van der Waals surface area contributed by atoms with E-state index in [2.05, 4.69) is 10.3 Å². The molecule has 2 aromatic carbocycles. The highest BCUT2D eigenvalue weighted by atomic mass is 32.2. The van der Waals surface area contributed by atoms with E-state index in [0.29, 0.717) is 15.6 Å². The van der Waals surface area contributed by atoms with Crippen molar-refractivity contribution in [3.05, 3.63) is 65.0 Å². The van der Waals surface area contributed by atoms with Gasteiger partial charge in [0.2, 0.25) is 5.91 Å². The number of benzene rings is 2. The van der Waals surface area contributed by atoms with Gasteiger partial charge in [0.25, 0.3) is 5.91 Å². The third-order valence-electron chi connectivity index (χ3n) is 3.57. The molecular formula is C19H17N3O2S2. The molecule has 3 aromatic rings. The normalized spacial score (nSPS) is 10.5. The molecule has 132 valence electrons. The van der Waals surface area contributed by atoms with E-state index < -0.39 is 5.91 Å². The quantitative estimate of drug-likeness (QED) is 0.631. The fourth-order valence-electron chi connectivity index (χ4n) is 2.28. The summed E-state index contributed by atoms with van der Waals surface area (Å²) >= 11 is 2.62. The molecule has 0 saturated heterocycles. The molecule has 2 amide bonds. The van der Waals surface area contributed by atoms with Crippen molar-refractivity contribution in [2.45, 2.75) is 11.8 Å². The summed E-state index contributed by atoms with van der Waals surface area (Å²) in [6.07, 6.45) is 0. The molecule has 1 heterocycles. The van der Waals surface area contributed by atoms with Crippen LogP contribution in [0.1, 0.15) is 15.9 Å². The first-order valence-electron chi connectivity index (χ1n) is 7.87. The number of primary amides is 1. The summed E-state index contributed by atoms with van der Waals surface area (Å²) in [6.45, 7) is 2.03. The van der Waals surface area contributed by atoms with Crippen LogP contribution < -0.4 is 11.1 Å². The third-order valence-corrected chi connectivity index (χ3v) is 5.43. The van der Waals surface area contributed by atoms with Crippen molar-refractivity contribution in [1.82, 2.24) is 4.98 Å². The van der Waals surface area contributed by atoms with Crippen LogP contribution in [0.25, 0.3) is 11.3 Å². The fraction of sp³-hybridized carbons (Fsp3) is 0.105. The van der Waals surface area contributed by atoms with Crippen molar-refractivity contribution in [2.24, 2.45) is 5.73 Å². The number of carbonyl (C=O) groups excluding carboxylic acids is 2. The topological polar surface area (TPSA) is 85.1 Å². The molecule has 0 fully saturated rings. The average Bonchev–Trinajstić information content (AvgIpc) is 3.09. The Kier molecular flexibility index (Phi) is 5.70. The molecule has 0 bridgehead atoms. The van der Waals surface area contributed by atoms with Crippen molar-refractivity contribution >= 4 is 40.0 Å². The number of thioether (sulfide) groups is 1. The lowest BCUT2D eigenvalue weighted by Crippen LogP contribution is -2.15. The van der Waals surface area contributed by atoms with Gasteiger partial charge in [-0.25, -0.2) is 4.98 Å². The molecule has 0 aliphatic carbocycles. The molecule has 0 radical (unpaired) electrons. The number of hydrogen-bond donors (Lipinski definition) is 2. The van der Waals surface area contributed by atoms with Crippen LogP contribution in [-0.2, 0) is 4.79 Å². The van der Waals surface area contributed by atoms with Gasteiger partial charge in [-0.05, 0) is 19.1 Å². The van der Waals surface area contributed by atoms with E-state index in [0.717, 1.165) is 11.3 Å². The summed E-state index contributed by atoms with van der Waals surface area (Å²) in [4.78, 5) is 28.8. The Bertz CT molecular complexity index is 936. The monoisotopic (exact) mass is 383 g/mol. The van der Waals surface area contributed by atoms with Crippen LogP contribution in [-0.4, -0.2) is 22.6 Å². The zero-order valence-electron chi connectivity index (χ0n) is 14.1. The summed E-state index contributed by atoms with van der Waals surface area (Å²) in [5.41, 5.74) is 8.69. The van der Waals surface area contributed by atoms with E-state index >= 15 is 0 Å². The lowest BCUT2D eigenvalue weighted by molar-refractivity contribution is -0.115. The number of hydrogen-bond acceptors (Lipinski definition) is 5. The Labute approximate surface area is 159 Å². The number of aryl methyl sites for hydroxylation is 1. The minimum atomic E-state index is -0.423. The van der Waals surface area contributed by atoms with Gasteiger partial charge < -0.3 is 5.73 Å². The van der Waals surface area contributed by atoms with Crippen LogP contribution in [0.3, 0.4) is 0 Å². The van der Waals surface area contributed by atoms with E-state index in [1.165, 1.54) is 28.7 Å². The number of thiazole rings is 1. The SMILES string of the molecule is Cc1ccc(-c2csc(NC(=O)c3ccccc3SCC(N)=O)n2)cc1. The Morgan fingerprint density at radius 2 is 1.88 bits per heavy atom. The smallest absolute Gasteiger partial charge is 0.258 e. The van der Waals surface area contributed by atoms with Crippen molar-refractivity contribution in [3.63, 3.8) is 0 Å². The number of anilines is 1. The fourth-order valence-corrected chi connectivity index (χ4v) is 3.79. The first-order valence-corrected chi connectivity index (χ1v) is 9.73. The summed E-state index contributed by atoms with van der Waals surface area (Å²) < 4.78 is 0. The molecule has 5 nitrogen and oxygen atoms in total. The summed E-state index contributed by atoms with van der Waals surface area (Å²) in [5, 5.41) is 5.27. The van der Waals surface area contributed by atoms with E-state index in [9.17, 15) is 9.59 Å². The van der Waals surface area contributed by atoms with Crippen LogP contribution in [0.2, 0.25) is 0 Å². The summed E-state index contributed by atoms with van der Waals surface area (Å²) in [6, 6.07) is 15.2. The van der Waals surface area contributed by atoms with Gasteiger partial charge in [0, 0.05) is 15.8 Å². The molecule has 0 saturated carbocycles. The second-order valence-corrected chi connectivity index (χ2v) is 7.48. The second-order valence-electron chi connectivity index (χ2n) is 5.61. The number of nitrogens with one attached hydrogen (secondary N) is 1. The standard InChI is InChI=1S/C19H17N3O2S2/c1-12-6-8-13(9-7-12)15-10-26-19(21-15)22-18(24)14-4-2-3-5-16(14)25-11-17(20)23/h2-10H,11H2,1H3,(H2,20,23)(H,21,22,24). The van der Waals surface area contributed by atoms with Gasteiger partial charge in [0.05, 0.1) is 17.0 Å². The molecule has 0 aliphatic rings. The third kappa shape index (κ3) is 4.50. The number of aromatic nitrogens is 1. The zero-order chi connectivity index (χ0) is 18.5. The second kappa shape index (κ2) is 8.16. The van der Waals surface area contributed by atoms with Crippen molar-refractivity contribution in [3.8, 4) is 11.3 Å². The van der Waals surface area contributed by atoms with Gasteiger partial charge in [0.1, 0.15) is 0 Å². The molecule has 26 heavy (non-hydrogen) atoms. The lowest BCUT2D eigenvalue weighted by Gasteiger charge is -2.07. The highest BCUT2D eigenvalue weighted by molar-refractivity contribution is 8.00. The molecule has 0 spiro atoms. The maximum absolute atomic E-state index is 12.6. The van der Waals surface area contributed by atoms with Gasteiger partial charge in [-0.15, -0.1) is 23.1 Å². The van der Waals surface area contributed by atoms with Crippen LogP contribution in [0.5, 0.6) is 0 Å². The number of amides is 2. The van der Waals surface area contributed by atoms with Crippen molar-refractivity contribution < 1.29 is 9.59 Å². The lowest BCUT2D eigenvalue weighted by atomic mass is 10.1. The Hall–Kier alpha value is -2.64. The Balaban J connectivity index is 1.75. The number of rotatable bonds is 6.